The zero-order chi connectivity index (χ0) is 12.1. The van der Waals surface area contributed by atoms with E-state index in [1.54, 1.807) is 29.2 Å². The Hall–Kier alpha value is -1.77. The van der Waals surface area contributed by atoms with Crippen LogP contribution < -0.4 is 0 Å². The van der Waals surface area contributed by atoms with E-state index < -0.39 is 0 Å². The van der Waals surface area contributed by atoms with Crippen molar-refractivity contribution in [1.29, 1.82) is 0 Å². The number of carbonyl (C=O) groups excluding carboxylic acids is 1. The van der Waals surface area contributed by atoms with Crippen LogP contribution in [0.4, 0.5) is 0 Å². The van der Waals surface area contributed by atoms with Gasteiger partial charge in [-0.2, -0.15) is 0 Å². The fourth-order valence-corrected chi connectivity index (χ4v) is 1.48. The predicted molar refractivity (Wildman–Crippen MR) is 64.5 cm³/mol. The number of rotatable bonds is 4. The molecule has 1 aromatic rings. The molecule has 0 heterocycles. The van der Waals surface area contributed by atoms with Gasteiger partial charge in [-0.15, -0.1) is 6.58 Å². The molecule has 0 radical (unpaired) electrons. The molecular weight excluding hydrogens is 202 g/mol. The SMILES string of the molecule is C=CCN(C(=O)c1ccccc1O)C(C)C. The van der Waals surface area contributed by atoms with Crippen molar-refractivity contribution in [3.63, 3.8) is 0 Å². The second-order valence-electron chi connectivity index (χ2n) is 3.86. The number of aromatic hydroxyl groups is 1. The van der Waals surface area contributed by atoms with E-state index in [-0.39, 0.29) is 17.7 Å². The Labute approximate surface area is 96.0 Å². The van der Waals surface area contributed by atoms with Gasteiger partial charge >= 0.3 is 0 Å². The number of hydrogen-bond acceptors (Lipinski definition) is 2. The summed E-state index contributed by atoms with van der Waals surface area (Å²) in [7, 11) is 0. The number of hydrogen-bond donors (Lipinski definition) is 1. The minimum absolute atomic E-state index is 0.0159. The van der Waals surface area contributed by atoms with Gasteiger partial charge in [0.2, 0.25) is 0 Å². The Morgan fingerprint density at radius 3 is 2.62 bits per heavy atom. The number of phenolic OH excluding ortho intramolecular Hbond substituents is 1. The zero-order valence-corrected chi connectivity index (χ0v) is 9.68. The van der Waals surface area contributed by atoms with E-state index in [1.165, 1.54) is 6.07 Å². The van der Waals surface area contributed by atoms with E-state index in [4.69, 9.17) is 0 Å². The predicted octanol–water partition coefficient (Wildman–Crippen LogP) is 2.43. The Bertz CT molecular complexity index is 385. The lowest BCUT2D eigenvalue weighted by molar-refractivity contribution is 0.0725. The maximum absolute atomic E-state index is 12.1. The Morgan fingerprint density at radius 2 is 2.12 bits per heavy atom. The first-order chi connectivity index (χ1) is 7.57. The molecule has 16 heavy (non-hydrogen) atoms. The van der Waals surface area contributed by atoms with Crippen LogP contribution in [0.3, 0.4) is 0 Å². The van der Waals surface area contributed by atoms with Crippen molar-refractivity contribution in [2.24, 2.45) is 0 Å². The lowest BCUT2D eigenvalue weighted by atomic mass is 10.1. The number of amides is 1. The van der Waals surface area contributed by atoms with Gasteiger partial charge in [-0.1, -0.05) is 18.2 Å². The van der Waals surface area contributed by atoms with Crippen LogP contribution in [0.1, 0.15) is 24.2 Å². The van der Waals surface area contributed by atoms with E-state index in [2.05, 4.69) is 6.58 Å². The summed E-state index contributed by atoms with van der Waals surface area (Å²) in [5.74, 6) is -0.157. The van der Waals surface area contributed by atoms with Gasteiger partial charge in [0.15, 0.2) is 0 Å². The fourth-order valence-electron chi connectivity index (χ4n) is 1.48. The second-order valence-corrected chi connectivity index (χ2v) is 3.86. The molecule has 0 aliphatic carbocycles. The van der Waals surface area contributed by atoms with Crippen molar-refractivity contribution < 1.29 is 9.90 Å². The Balaban J connectivity index is 2.99. The first-order valence-electron chi connectivity index (χ1n) is 5.27. The topological polar surface area (TPSA) is 40.5 Å². The molecule has 0 unspecified atom stereocenters. The van der Waals surface area contributed by atoms with Gasteiger partial charge < -0.3 is 10.0 Å². The Morgan fingerprint density at radius 1 is 1.50 bits per heavy atom. The van der Waals surface area contributed by atoms with Crippen molar-refractivity contribution in [3.05, 3.63) is 42.5 Å². The third-order valence-corrected chi connectivity index (χ3v) is 2.34. The van der Waals surface area contributed by atoms with Crippen LogP contribution >= 0.6 is 0 Å². The average molecular weight is 219 g/mol. The largest absolute Gasteiger partial charge is 0.507 e. The third-order valence-electron chi connectivity index (χ3n) is 2.34. The molecule has 0 saturated carbocycles. The second kappa shape index (κ2) is 5.35. The van der Waals surface area contributed by atoms with Gasteiger partial charge in [-0.05, 0) is 26.0 Å². The van der Waals surface area contributed by atoms with Gasteiger partial charge in [0.25, 0.3) is 5.91 Å². The summed E-state index contributed by atoms with van der Waals surface area (Å²) in [5.41, 5.74) is 0.332. The highest BCUT2D eigenvalue weighted by atomic mass is 16.3. The highest BCUT2D eigenvalue weighted by Gasteiger charge is 2.19. The standard InChI is InChI=1S/C13H17NO2/c1-4-9-14(10(2)3)13(16)11-7-5-6-8-12(11)15/h4-8,10,15H,1,9H2,2-3H3. The molecule has 86 valence electrons. The van der Waals surface area contributed by atoms with Gasteiger partial charge in [0.1, 0.15) is 5.75 Å². The summed E-state index contributed by atoms with van der Waals surface area (Å²) < 4.78 is 0. The summed E-state index contributed by atoms with van der Waals surface area (Å²) in [4.78, 5) is 13.8. The maximum Gasteiger partial charge on any atom is 0.258 e. The molecular formula is C13H17NO2. The number of nitrogens with zero attached hydrogens (tertiary/aromatic N) is 1. The van der Waals surface area contributed by atoms with Gasteiger partial charge in [-0.25, -0.2) is 0 Å². The minimum atomic E-state index is -0.173. The lowest BCUT2D eigenvalue weighted by Gasteiger charge is -2.25. The molecule has 3 heteroatoms. The molecule has 1 aromatic carbocycles. The molecule has 0 atom stereocenters. The fraction of sp³-hybridized carbons (Fsp3) is 0.308. The summed E-state index contributed by atoms with van der Waals surface area (Å²) in [6, 6.07) is 6.64. The van der Waals surface area contributed by atoms with Crippen LogP contribution in [0.15, 0.2) is 36.9 Å². The highest BCUT2D eigenvalue weighted by Crippen LogP contribution is 2.18. The van der Waals surface area contributed by atoms with Crippen LogP contribution in [0, 0.1) is 0 Å². The normalized spacial score (nSPS) is 10.2. The van der Waals surface area contributed by atoms with Crippen molar-refractivity contribution in [2.75, 3.05) is 6.54 Å². The monoisotopic (exact) mass is 219 g/mol. The summed E-state index contributed by atoms with van der Waals surface area (Å²) in [6.45, 7) is 7.97. The summed E-state index contributed by atoms with van der Waals surface area (Å²) in [5, 5.41) is 9.61. The lowest BCUT2D eigenvalue weighted by Crippen LogP contribution is -2.37. The van der Waals surface area contributed by atoms with E-state index in [0.717, 1.165) is 0 Å². The molecule has 1 amide bonds. The quantitative estimate of drug-likeness (QED) is 0.790. The molecule has 0 bridgehead atoms. The van der Waals surface area contributed by atoms with E-state index in [1.807, 2.05) is 13.8 Å². The van der Waals surface area contributed by atoms with Crippen LogP contribution in [0.2, 0.25) is 0 Å². The first kappa shape index (κ1) is 12.3. The van der Waals surface area contributed by atoms with Gasteiger partial charge in [0.05, 0.1) is 5.56 Å². The summed E-state index contributed by atoms with van der Waals surface area (Å²) in [6.07, 6.45) is 1.68. The third kappa shape index (κ3) is 2.63. The molecule has 1 rings (SSSR count). The van der Waals surface area contributed by atoms with Crippen molar-refractivity contribution in [2.45, 2.75) is 19.9 Å². The van der Waals surface area contributed by atoms with Crippen LogP contribution in [-0.4, -0.2) is 28.5 Å². The number of benzene rings is 1. The van der Waals surface area contributed by atoms with Crippen LogP contribution in [0.25, 0.3) is 0 Å². The smallest absolute Gasteiger partial charge is 0.258 e. The van der Waals surface area contributed by atoms with E-state index >= 15 is 0 Å². The van der Waals surface area contributed by atoms with E-state index in [0.29, 0.717) is 12.1 Å². The zero-order valence-electron chi connectivity index (χ0n) is 9.68. The molecule has 0 aliphatic rings. The molecule has 1 N–H and O–H groups in total. The van der Waals surface area contributed by atoms with Crippen molar-refractivity contribution >= 4 is 5.91 Å². The molecule has 0 fully saturated rings. The van der Waals surface area contributed by atoms with Gasteiger partial charge in [-0.3, -0.25) is 4.79 Å². The average Bonchev–Trinajstić information content (AvgIpc) is 2.25. The maximum atomic E-state index is 12.1. The molecule has 0 aliphatic heterocycles. The number of phenols is 1. The van der Waals surface area contributed by atoms with Crippen LogP contribution in [-0.2, 0) is 0 Å². The molecule has 0 saturated heterocycles. The number of para-hydroxylation sites is 1. The first-order valence-corrected chi connectivity index (χ1v) is 5.27. The van der Waals surface area contributed by atoms with E-state index in [9.17, 15) is 9.90 Å². The molecule has 0 aromatic heterocycles. The highest BCUT2D eigenvalue weighted by molar-refractivity contribution is 5.97. The summed E-state index contributed by atoms with van der Waals surface area (Å²) >= 11 is 0. The minimum Gasteiger partial charge on any atom is -0.507 e. The van der Waals surface area contributed by atoms with Gasteiger partial charge in [0, 0.05) is 12.6 Å². The number of carbonyl (C=O) groups is 1. The van der Waals surface area contributed by atoms with Crippen LogP contribution in [0.5, 0.6) is 5.75 Å². The Kier molecular flexibility index (Phi) is 4.11. The van der Waals surface area contributed by atoms with Crippen molar-refractivity contribution in [1.82, 2.24) is 4.90 Å². The van der Waals surface area contributed by atoms with Crippen molar-refractivity contribution in [3.8, 4) is 5.75 Å². The molecule has 3 nitrogen and oxygen atoms in total. The molecule has 0 spiro atoms.